The fourth-order valence-corrected chi connectivity index (χ4v) is 2.96. The van der Waals surface area contributed by atoms with E-state index < -0.39 is 28.9 Å². The third kappa shape index (κ3) is 1.63. The molecule has 2 aliphatic rings. The van der Waals surface area contributed by atoms with Crippen LogP contribution in [0.5, 0.6) is 0 Å². The van der Waals surface area contributed by atoms with E-state index in [2.05, 4.69) is 0 Å². The molecule has 2 amide bonds. The number of aliphatic hydroxyl groups is 1. The number of hydrogen-bond acceptors (Lipinski definition) is 5. The Bertz CT molecular complexity index is 627. The molecule has 0 radical (unpaired) electrons. The highest BCUT2D eigenvalue weighted by Crippen LogP contribution is 2.35. The van der Waals surface area contributed by atoms with Crippen molar-refractivity contribution in [2.24, 2.45) is 0 Å². The topological polar surface area (TPSA) is 101 Å². The van der Waals surface area contributed by atoms with Crippen molar-refractivity contribution in [1.29, 1.82) is 0 Å². The van der Waals surface area contributed by atoms with Crippen LogP contribution in [0, 0.1) is 10.1 Å². The summed E-state index contributed by atoms with van der Waals surface area (Å²) in [6, 6.07) is 3.42. The highest BCUT2D eigenvalue weighted by molar-refractivity contribution is 6.23. The van der Waals surface area contributed by atoms with Gasteiger partial charge in [-0.05, 0) is 25.3 Å². The minimum absolute atomic E-state index is 0.0447. The zero-order chi connectivity index (χ0) is 14.4. The van der Waals surface area contributed by atoms with Crippen LogP contribution in [-0.4, -0.2) is 38.9 Å². The number of amides is 2. The molecular formula is C13H12N2O5. The van der Waals surface area contributed by atoms with Gasteiger partial charge in [-0.15, -0.1) is 0 Å². The number of benzene rings is 1. The molecule has 1 aromatic carbocycles. The number of imide groups is 1. The van der Waals surface area contributed by atoms with Gasteiger partial charge < -0.3 is 5.11 Å². The Labute approximate surface area is 114 Å². The molecule has 1 fully saturated rings. The molecule has 1 aliphatic heterocycles. The molecular weight excluding hydrogens is 264 g/mol. The van der Waals surface area contributed by atoms with E-state index in [1.165, 1.54) is 18.2 Å². The highest BCUT2D eigenvalue weighted by atomic mass is 16.6. The lowest BCUT2D eigenvalue weighted by Gasteiger charge is -2.24. The van der Waals surface area contributed by atoms with Crippen LogP contribution in [0.15, 0.2) is 18.2 Å². The molecule has 1 heterocycles. The van der Waals surface area contributed by atoms with Gasteiger partial charge in [-0.2, -0.15) is 0 Å². The second kappa shape index (κ2) is 4.38. The Kier molecular flexibility index (Phi) is 2.79. The zero-order valence-electron chi connectivity index (χ0n) is 10.5. The van der Waals surface area contributed by atoms with Crippen molar-refractivity contribution in [2.75, 3.05) is 0 Å². The summed E-state index contributed by atoms with van der Waals surface area (Å²) in [7, 11) is 0. The van der Waals surface area contributed by atoms with E-state index in [1.807, 2.05) is 0 Å². The van der Waals surface area contributed by atoms with Crippen molar-refractivity contribution in [3.63, 3.8) is 0 Å². The lowest BCUT2D eigenvalue weighted by Crippen LogP contribution is -2.44. The summed E-state index contributed by atoms with van der Waals surface area (Å²) in [5.41, 5.74) is -0.485. The first-order valence-electron chi connectivity index (χ1n) is 6.35. The molecule has 0 saturated heterocycles. The fraction of sp³-hybridized carbons (Fsp3) is 0.385. The summed E-state index contributed by atoms with van der Waals surface area (Å²) in [6.07, 6.45) is 1.03. The summed E-state index contributed by atoms with van der Waals surface area (Å²) in [5.74, 6) is -1.23. The van der Waals surface area contributed by atoms with Crippen LogP contribution in [0.25, 0.3) is 0 Å². The molecule has 0 aromatic heterocycles. The molecule has 20 heavy (non-hydrogen) atoms. The van der Waals surface area contributed by atoms with Crippen molar-refractivity contribution in [3.8, 4) is 0 Å². The average Bonchev–Trinajstić information content (AvgIpc) is 2.93. The monoisotopic (exact) mass is 276 g/mol. The van der Waals surface area contributed by atoms with Crippen LogP contribution in [0.2, 0.25) is 0 Å². The smallest absolute Gasteiger partial charge is 0.282 e. The lowest BCUT2D eigenvalue weighted by atomic mass is 10.1. The first kappa shape index (κ1) is 12.7. The third-order valence-corrected chi connectivity index (χ3v) is 3.90. The number of nitro groups is 1. The van der Waals surface area contributed by atoms with Crippen molar-refractivity contribution in [3.05, 3.63) is 39.4 Å². The maximum atomic E-state index is 12.4. The van der Waals surface area contributed by atoms with E-state index in [4.69, 9.17) is 0 Å². The SMILES string of the molecule is O=C1c2cccc([N+](=O)[O-])c2C(=O)N1[C@H]1CCC[C@@H]1O. The molecule has 0 unspecified atom stereocenters. The molecule has 7 nitrogen and oxygen atoms in total. The van der Waals surface area contributed by atoms with Gasteiger partial charge in [0.1, 0.15) is 5.56 Å². The van der Waals surface area contributed by atoms with Gasteiger partial charge in [-0.25, -0.2) is 0 Å². The van der Waals surface area contributed by atoms with Gasteiger partial charge >= 0.3 is 0 Å². The second-order valence-electron chi connectivity index (χ2n) is 5.00. The molecule has 7 heteroatoms. The Morgan fingerprint density at radius 3 is 2.60 bits per heavy atom. The van der Waals surface area contributed by atoms with Crippen molar-refractivity contribution in [1.82, 2.24) is 4.90 Å². The number of aliphatic hydroxyl groups excluding tert-OH is 1. The van der Waals surface area contributed by atoms with Crippen LogP contribution >= 0.6 is 0 Å². The fourth-order valence-electron chi connectivity index (χ4n) is 2.96. The molecule has 104 valence electrons. The summed E-state index contributed by atoms with van der Waals surface area (Å²) in [6.45, 7) is 0. The van der Waals surface area contributed by atoms with Crippen molar-refractivity contribution >= 4 is 17.5 Å². The average molecular weight is 276 g/mol. The molecule has 1 N–H and O–H groups in total. The maximum Gasteiger partial charge on any atom is 0.282 e. The van der Waals surface area contributed by atoms with E-state index in [0.29, 0.717) is 12.8 Å². The number of nitro benzene ring substituents is 1. The molecule has 1 aromatic rings. The maximum absolute atomic E-state index is 12.4. The van der Waals surface area contributed by atoms with Gasteiger partial charge in [0.25, 0.3) is 17.5 Å². The van der Waals surface area contributed by atoms with Crippen LogP contribution in [-0.2, 0) is 0 Å². The Hall–Kier alpha value is -2.28. The summed E-state index contributed by atoms with van der Waals surface area (Å²) < 4.78 is 0. The van der Waals surface area contributed by atoms with Crippen LogP contribution < -0.4 is 0 Å². The Balaban J connectivity index is 2.08. The molecule has 1 saturated carbocycles. The summed E-state index contributed by atoms with van der Waals surface area (Å²) in [5, 5.41) is 20.8. The standard InChI is InChI=1S/C13H12N2O5/c16-10-6-2-4-8(10)14-12(17)7-3-1-5-9(15(19)20)11(7)13(14)18/h1,3,5,8,10,16H,2,4,6H2/t8-,10-/m0/s1. The number of nitrogens with zero attached hydrogens (tertiary/aromatic N) is 2. The number of fused-ring (bicyclic) bond motifs is 1. The highest BCUT2D eigenvalue weighted by Gasteiger charge is 2.47. The van der Waals surface area contributed by atoms with Crippen molar-refractivity contribution < 1.29 is 19.6 Å². The minimum Gasteiger partial charge on any atom is -0.391 e. The quantitative estimate of drug-likeness (QED) is 0.495. The largest absolute Gasteiger partial charge is 0.391 e. The van der Waals surface area contributed by atoms with Crippen molar-refractivity contribution in [2.45, 2.75) is 31.4 Å². The molecule has 0 spiro atoms. The van der Waals surface area contributed by atoms with E-state index in [9.17, 15) is 24.8 Å². The van der Waals surface area contributed by atoms with Crippen LogP contribution in [0.4, 0.5) is 5.69 Å². The predicted octanol–water partition coefficient (Wildman–Crippen LogP) is 1.10. The van der Waals surface area contributed by atoms with Gasteiger partial charge in [0.05, 0.1) is 22.6 Å². The van der Waals surface area contributed by atoms with E-state index >= 15 is 0 Å². The van der Waals surface area contributed by atoms with Gasteiger partial charge in [0, 0.05) is 6.07 Å². The number of rotatable bonds is 2. The van der Waals surface area contributed by atoms with Gasteiger partial charge in [-0.3, -0.25) is 24.6 Å². The third-order valence-electron chi connectivity index (χ3n) is 3.90. The zero-order valence-corrected chi connectivity index (χ0v) is 10.5. The van der Waals surface area contributed by atoms with E-state index in [0.717, 1.165) is 11.3 Å². The predicted molar refractivity (Wildman–Crippen MR) is 67.2 cm³/mol. The number of carbonyl (C=O) groups is 2. The Morgan fingerprint density at radius 2 is 2.00 bits per heavy atom. The molecule has 3 rings (SSSR count). The van der Waals surface area contributed by atoms with Gasteiger partial charge in [0.2, 0.25) is 0 Å². The minimum atomic E-state index is -0.753. The molecule has 2 atom stereocenters. The number of hydrogen-bond donors (Lipinski definition) is 1. The second-order valence-corrected chi connectivity index (χ2v) is 5.00. The molecule has 1 aliphatic carbocycles. The van der Waals surface area contributed by atoms with Gasteiger partial charge in [-0.1, -0.05) is 6.07 Å². The normalized spacial score (nSPS) is 25.1. The summed E-state index contributed by atoms with van der Waals surface area (Å²) >= 11 is 0. The van der Waals surface area contributed by atoms with E-state index in [-0.39, 0.29) is 16.8 Å². The first-order chi connectivity index (χ1) is 9.52. The Morgan fingerprint density at radius 1 is 1.25 bits per heavy atom. The van der Waals surface area contributed by atoms with E-state index in [1.54, 1.807) is 0 Å². The van der Waals surface area contributed by atoms with Gasteiger partial charge in [0.15, 0.2) is 0 Å². The molecule has 0 bridgehead atoms. The first-order valence-corrected chi connectivity index (χ1v) is 6.35. The lowest BCUT2D eigenvalue weighted by molar-refractivity contribution is -0.385. The number of carbonyl (C=O) groups excluding carboxylic acids is 2. The van der Waals surface area contributed by atoms with Crippen LogP contribution in [0.1, 0.15) is 40.0 Å². The van der Waals surface area contributed by atoms with Crippen LogP contribution in [0.3, 0.4) is 0 Å². The summed E-state index contributed by atoms with van der Waals surface area (Å²) in [4.78, 5) is 35.9.